The fraction of sp³-hybridized carbons (Fsp3) is 0. The summed E-state index contributed by atoms with van der Waals surface area (Å²) in [6.07, 6.45) is 0. The molecule has 0 aliphatic rings. The molecule has 10 aromatic rings. The molecule has 0 spiro atoms. The Labute approximate surface area is 319 Å². The molecule has 258 valence electrons. The second kappa shape index (κ2) is 13.8. The molecule has 10 rings (SSSR count). The van der Waals surface area contributed by atoms with Gasteiger partial charge >= 0.3 is 0 Å². The van der Waals surface area contributed by atoms with Crippen molar-refractivity contribution in [3.63, 3.8) is 0 Å². The van der Waals surface area contributed by atoms with Gasteiger partial charge in [0.25, 0.3) is 0 Å². The monoisotopic (exact) mass is 702 g/mol. The summed E-state index contributed by atoms with van der Waals surface area (Å²) in [5.74, 6) is 0.683. The Bertz CT molecular complexity index is 2940. The van der Waals surface area contributed by atoms with E-state index >= 15 is 0 Å². The molecule has 0 saturated heterocycles. The van der Waals surface area contributed by atoms with Crippen molar-refractivity contribution in [2.24, 2.45) is 0 Å². The molecular weight excluding hydrogens is 669 g/mol. The Balaban J connectivity index is 1.17. The molecule has 0 fully saturated rings. The van der Waals surface area contributed by atoms with Crippen LogP contribution in [0.15, 0.2) is 206 Å². The van der Waals surface area contributed by atoms with Gasteiger partial charge in [-0.05, 0) is 40.3 Å². The molecule has 0 aliphatic heterocycles. The number of fused-ring (bicyclic) bond motifs is 3. The third kappa shape index (κ3) is 6.06. The van der Waals surface area contributed by atoms with Crippen LogP contribution >= 0.6 is 0 Å². The van der Waals surface area contributed by atoms with Gasteiger partial charge in [-0.1, -0.05) is 188 Å². The summed E-state index contributed by atoms with van der Waals surface area (Å²) in [6, 6.07) is 72.0. The van der Waals surface area contributed by atoms with Crippen LogP contribution in [0.1, 0.15) is 0 Å². The van der Waals surface area contributed by atoms with E-state index in [0.29, 0.717) is 5.82 Å². The van der Waals surface area contributed by atoms with Crippen LogP contribution in [0.4, 0.5) is 0 Å². The molecule has 7 aromatic carbocycles. The van der Waals surface area contributed by atoms with Gasteiger partial charge < -0.3 is 0 Å². The molecule has 0 atom stereocenters. The lowest BCUT2D eigenvalue weighted by Crippen LogP contribution is -1.96. The summed E-state index contributed by atoms with van der Waals surface area (Å²) >= 11 is 0. The van der Waals surface area contributed by atoms with Crippen LogP contribution in [0, 0.1) is 0 Å². The number of pyridine rings is 1. The molecule has 4 nitrogen and oxygen atoms in total. The minimum Gasteiger partial charge on any atom is -0.231 e. The third-order valence-corrected chi connectivity index (χ3v) is 10.2. The van der Waals surface area contributed by atoms with Crippen LogP contribution < -0.4 is 0 Å². The van der Waals surface area contributed by atoms with E-state index in [9.17, 15) is 0 Å². The van der Waals surface area contributed by atoms with Crippen LogP contribution in [0.2, 0.25) is 0 Å². The minimum absolute atomic E-state index is 0.683. The number of aromatic nitrogens is 4. The highest BCUT2D eigenvalue weighted by Crippen LogP contribution is 2.41. The quantitative estimate of drug-likeness (QED) is 0.166. The lowest BCUT2D eigenvalue weighted by Gasteiger charge is -2.11. The number of hydrogen-bond acceptors (Lipinski definition) is 3. The van der Waals surface area contributed by atoms with Crippen LogP contribution in [0.5, 0.6) is 0 Å². The molecule has 0 N–H and O–H groups in total. The average Bonchev–Trinajstić information content (AvgIpc) is 3.69. The summed E-state index contributed by atoms with van der Waals surface area (Å²) in [4.78, 5) is 10.3. The Hall–Kier alpha value is -7.43. The van der Waals surface area contributed by atoms with Gasteiger partial charge in [-0.25, -0.2) is 14.5 Å². The maximum Gasteiger partial charge on any atom is 0.160 e. The van der Waals surface area contributed by atoms with Crippen molar-refractivity contribution in [3.8, 4) is 78.7 Å². The maximum absolute atomic E-state index is 5.47. The Morgan fingerprint density at radius 1 is 0.345 bits per heavy atom. The molecule has 4 heteroatoms. The van der Waals surface area contributed by atoms with Crippen molar-refractivity contribution < 1.29 is 0 Å². The largest absolute Gasteiger partial charge is 0.231 e. The fourth-order valence-corrected chi connectivity index (χ4v) is 7.53. The van der Waals surface area contributed by atoms with Gasteiger partial charge in [0, 0.05) is 38.8 Å². The summed E-state index contributed by atoms with van der Waals surface area (Å²) < 4.78 is 2.14. The second-order valence-corrected chi connectivity index (χ2v) is 13.7. The van der Waals surface area contributed by atoms with E-state index in [-0.39, 0.29) is 0 Å². The van der Waals surface area contributed by atoms with Crippen molar-refractivity contribution >= 4 is 16.3 Å². The number of rotatable bonds is 7. The highest BCUT2D eigenvalue weighted by Gasteiger charge is 2.22. The van der Waals surface area contributed by atoms with E-state index in [1.807, 2.05) is 24.3 Å². The zero-order valence-corrected chi connectivity index (χ0v) is 29.9. The Morgan fingerprint density at radius 2 is 0.855 bits per heavy atom. The van der Waals surface area contributed by atoms with Crippen LogP contribution in [0.25, 0.3) is 95.0 Å². The number of benzene rings is 7. The number of hydrogen-bond donors (Lipinski definition) is 0. The molecule has 3 aromatic heterocycles. The van der Waals surface area contributed by atoms with E-state index in [4.69, 9.17) is 15.1 Å². The standard InChI is InChI=1S/C51H34N4/c1-5-16-35(17-6-1)36-28-30-37(31-29-36)45-34-46(53-51(52-45)40-22-11-4-12-23-40)42-25-15-26-43(32-42)49-48(39-20-9-3-10-21-39)50-44-27-14-13-24-41(44)33-47(55(50)54-49)38-18-7-2-8-19-38/h1-34H. The van der Waals surface area contributed by atoms with Gasteiger partial charge in [-0.15, -0.1) is 0 Å². The van der Waals surface area contributed by atoms with Crippen molar-refractivity contribution in [1.29, 1.82) is 0 Å². The van der Waals surface area contributed by atoms with Gasteiger partial charge in [0.1, 0.15) is 5.69 Å². The summed E-state index contributed by atoms with van der Waals surface area (Å²) in [7, 11) is 0. The van der Waals surface area contributed by atoms with Crippen LogP contribution in [-0.2, 0) is 0 Å². The van der Waals surface area contributed by atoms with Gasteiger partial charge in [0.05, 0.1) is 22.6 Å². The van der Waals surface area contributed by atoms with Gasteiger partial charge in [0.2, 0.25) is 0 Å². The third-order valence-electron chi connectivity index (χ3n) is 10.2. The predicted octanol–water partition coefficient (Wildman–Crippen LogP) is 12.9. The number of nitrogens with zero attached hydrogens (tertiary/aromatic N) is 4. The zero-order valence-electron chi connectivity index (χ0n) is 29.9. The molecule has 0 radical (unpaired) electrons. The molecule has 3 heterocycles. The minimum atomic E-state index is 0.683. The Morgan fingerprint density at radius 3 is 1.55 bits per heavy atom. The molecule has 0 unspecified atom stereocenters. The van der Waals surface area contributed by atoms with Crippen molar-refractivity contribution in [3.05, 3.63) is 206 Å². The van der Waals surface area contributed by atoms with Crippen molar-refractivity contribution in [1.82, 2.24) is 19.6 Å². The highest BCUT2D eigenvalue weighted by atomic mass is 15.2. The lowest BCUT2D eigenvalue weighted by molar-refractivity contribution is 0.979. The first-order valence-electron chi connectivity index (χ1n) is 18.5. The van der Waals surface area contributed by atoms with Gasteiger partial charge in [-0.2, -0.15) is 5.10 Å². The first-order valence-corrected chi connectivity index (χ1v) is 18.5. The van der Waals surface area contributed by atoms with E-state index in [0.717, 1.165) is 72.6 Å². The van der Waals surface area contributed by atoms with E-state index in [2.05, 4.69) is 187 Å². The highest BCUT2D eigenvalue weighted by molar-refractivity contribution is 6.08. The molecule has 0 amide bonds. The van der Waals surface area contributed by atoms with Gasteiger partial charge in [-0.3, -0.25) is 0 Å². The van der Waals surface area contributed by atoms with E-state index in [1.165, 1.54) is 16.5 Å². The molecule has 0 aliphatic carbocycles. The maximum atomic E-state index is 5.47. The summed E-state index contributed by atoms with van der Waals surface area (Å²) in [5, 5.41) is 7.79. The second-order valence-electron chi connectivity index (χ2n) is 13.7. The Kier molecular flexibility index (Phi) is 8.12. The molecular formula is C51H34N4. The fourth-order valence-electron chi connectivity index (χ4n) is 7.53. The normalized spacial score (nSPS) is 11.3. The van der Waals surface area contributed by atoms with Crippen LogP contribution in [-0.4, -0.2) is 19.6 Å². The first kappa shape index (κ1) is 32.2. The average molecular weight is 703 g/mol. The van der Waals surface area contributed by atoms with Crippen molar-refractivity contribution in [2.75, 3.05) is 0 Å². The zero-order chi connectivity index (χ0) is 36.6. The molecule has 0 bridgehead atoms. The topological polar surface area (TPSA) is 43.1 Å². The predicted molar refractivity (Wildman–Crippen MR) is 226 cm³/mol. The first-order chi connectivity index (χ1) is 27.3. The summed E-state index contributed by atoms with van der Waals surface area (Å²) in [5.41, 5.74) is 14.4. The smallest absolute Gasteiger partial charge is 0.160 e. The lowest BCUT2D eigenvalue weighted by atomic mass is 9.95. The molecule has 0 saturated carbocycles. The van der Waals surface area contributed by atoms with Gasteiger partial charge in [0.15, 0.2) is 5.82 Å². The SMILES string of the molecule is c1ccc(-c2ccc(-c3cc(-c4cccc(-c5nn6c(-c7ccccc7)cc7ccccc7c6c5-c5ccccc5)c4)nc(-c4ccccc4)n3)cc2)cc1. The molecule has 55 heavy (non-hydrogen) atoms. The summed E-state index contributed by atoms with van der Waals surface area (Å²) in [6.45, 7) is 0. The van der Waals surface area contributed by atoms with Crippen molar-refractivity contribution in [2.45, 2.75) is 0 Å². The van der Waals surface area contributed by atoms with Crippen LogP contribution in [0.3, 0.4) is 0 Å². The van der Waals surface area contributed by atoms with E-state index < -0.39 is 0 Å². The van der Waals surface area contributed by atoms with E-state index in [1.54, 1.807) is 0 Å².